The molecule has 0 saturated heterocycles. The van der Waals surface area contributed by atoms with Crippen LogP contribution in [0, 0.1) is 5.92 Å². The number of hydrogen-bond donors (Lipinski definition) is 2. The predicted molar refractivity (Wildman–Crippen MR) is 84.9 cm³/mol. The molecule has 4 heteroatoms. The minimum absolute atomic E-state index is 0.118. The summed E-state index contributed by atoms with van der Waals surface area (Å²) in [5, 5.41) is 6.99. The van der Waals surface area contributed by atoms with Gasteiger partial charge in [0.25, 0.3) is 0 Å². The summed E-state index contributed by atoms with van der Waals surface area (Å²) >= 11 is 0. The van der Waals surface area contributed by atoms with Gasteiger partial charge in [-0.25, -0.2) is 0 Å². The summed E-state index contributed by atoms with van der Waals surface area (Å²) in [5.74, 6) is 0.676. The minimum Gasteiger partial charge on any atom is -0.382 e. The highest BCUT2D eigenvalue weighted by Crippen LogP contribution is 2.39. The molecule has 3 aliphatic rings. The number of para-hydroxylation sites is 1. The van der Waals surface area contributed by atoms with Crippen molar-refractivity contribution in [2.45, 2.75) is 31.7 Å². The molecule has 1 saturated carbocycles. The summed E-state index contributed by atoms with van der Waals surface area (Å²) < 4.78 is 0. The molecule has 1 unspecified atom stereocenters. The number of anilines is 2. The van der Waals surface area contributed by atoms with Crippen molar-refractivity contribution in [3.8, 4) is 0 Å². The molecule has 4 nitrogen and oxygen atoms in total. The average molecular weight is 285 g/mol. The van der Waals surface area contributed by atoms with Gasteiger partial charge in [0.2, 0.25) is 0 Å². The lowest BCUT2D eigenvalue weighted by Gasteiger charge is -2.32. The molecule has 112 valence electrons. The van der Waals surface area contributed by atoms with Crippen molar-refractivity contribution >= 4 is 17.2 Å². The third-order valence-electron chi connectivity index (χ3n) is 5.16. The number of hydrogen-bond acceptors (Lipinski definition) is 4. The van der Waals surface area contributed by atoms with E-state index in [4.69, 9.17) is 0 Å². The summed E-state index contributed by atoms with van der Waals surface area (Å²) in [4.78, 5) is 15.4. The lowest BCUT2D eigenvalue weighted by atomic mass is 9.90. The molecular weight excluding hydrogens is 262 g/mol. The molecule has 0 amide bonds. The zero-order valence-corrected chi connectivity index (χ0v) is 12.4. The topological polar surface area (TPSA) is 44.4 Å². The van der Waals surface area contributed by atoms with Crippen LogP contribution in [0.15, 0.2) is 18.2 Å². The van der Waals surface area contributed by atoms with Crippen molar-refractivity contribution in [3.63, 3.8) is 0 Å². The van der Waals surface area contributed by atoms with Crippen LogP contribution in [0.5, 0.6) is 0 Å². The molecule has 0 spiro atoms. The number of rotatable bonds is 2. The highest BCUT2D eigenvalue weighted by molar-refractivity contribution is 5.91. The fourth-order valence-electron chi connectivity index (χ4n) is 4.10. The zero-order chi connectivity index (χ0) is 14.2. The van der Waals surface area contributed by atoms with Crippen molar-refractivity contribution < 1.29 is 4.79 Å². The number of nitrogens with one attached hydrogen (secondary N) is 2. The van der Waals surface area contributed by atoms with Gasteiger partial charge in [-0.3, -0.25) is 4.79 Å². The van der Waals surface area contributed by atoms with Crippen molar-refractivity contribution in [2.75, 3.05) is 36.4 Å². The monoisotopic (exact) mass is 285 g/mol. The second-order valence-electron chi connectivity index (χ2n) is 6.43. The molecule has 1 atom stereocenters. The van der Waals surface area contributed by atoms with Crippen LogP contribution in [0.25, 0.3) is 0 Å². The third kappa shape index (κ3) is 2.22. The Balaban J connectivity index is 1.73. The summed E-state index contributed by atoms with van der Waals surface area (Å²) in [7, 11) is 0. The van der Waals surface area contributed by atoms with Crippen LogP contribution in [0.1, 0.15) is 37.3 Å². The maximum atomic E-state index is 12.9. The Bertz CT molecular complexity index is 551. The van der Waals surface area contributed by atoms with Gasteiger partial charge in [0.1, 0.15) is 0 Å². The fourth-order valence-corrected chi connectivity index (χ4v) is 4.10. The second-order valence-corrected chi connectivity index (χ2v) is 6.43. The molecule has 2 aliphatic heterocycles. The van der Waals surface area contributed by atoms with Crippen LogP contribution in [0.2, 0.25) is 0 Å². The van der Waals surface area contributed by atoms with Gasteiger partial charge in [-0.2, -0.15) is 0 Å². The Labute approximate surface area is 125 Å². The van der Waals surface area contributed by atoms with E-state index in [-0.39, 0.29) is 12.0 Å². The zero-order valence-electron chi connectivity index (χ0n) is 12.4. The Kier molecular flexibility index (Phi) is 3.34. The van der Waals surface area contributed by atoms with E-state index in [9.17, 15) is 4.79 Å². The van der Waals surface area contributed by atoms with E-state index in [1.54, 1.807) is 0 Å². The van der Waals surface area contributed by atoms with Gasteiger partial charge in [-0.05, 0) is 18.9 Å². The first-order valence-corrected chi connectivity index (χ1v) is 8.23. The second kappa shape index (κ2) is 5.34. The van der Waals surface area contributed by atoms with Crippen molar-refractivity contribution in [1.82, 2.24) is 5.32 Å². The van der Waals surface area contributed by atoms with E-state index in [1.807, 2.05) is 0 Å². The van der Waals surface area contributed by atoms with Gasteiger partial charge < -0.3 is 15.5 Å². The summed E-state index contributed by atoms with van der Waals surface area (Å²) in [6, 6.07) is 6.22. The van der Waals surface area contributed by atoms with Crippen LogP contribution in [0.4, 0.5) is 11.4 Å². The largest absolute Gasteiger partial charge is 0.382 e. The van der Waals surface area contributed by atoms with E-state index in [1.165, 1.54) is 29.8 Å². The molecule has 1 aromatic carbocycles. The molecule has 0 aromatic heterocycles. The van der Waals surface area contributed by atoms with E-state index >= 15 is 0 Å². The van der Waals surface area contributed by atoms with Gasteiger partial charge in [0.05, 0.1) is 17.4 Å². The standard InChI is InChI=1S/C17H23N3O/c21-17(12-4-1-2-5-12)15-13-6-3-7-14-16(13)20(10-8-18-14)11-9-19-15/h3,6-7,12,15,18-19H,1-2,4-5,8-11H2. The fraction of sp³-hybridized carbons (Fsp3) is 0.588. The highest BCUT2D eigenvalue weighted by Gasteiger charge is 2.35. The van der Waals surface area contributed by atoms with E-state index < -0.39 is 0 Å². The van der Waals surface area contributed by atoms with Crippen LogP contribution in [-0.4, -0.2) is 32.0 Å². The smallest absolute Gasteiger partial charge is 0.157 e. The maximum Gasteiger partial charge on any atom is 0.157 e. The van der Waals surface area contributed by atoms with Crippen molar-refractivity contribution in [3.05, 3.63) is 23.8 Å². The molecule has 1 fully saturated rings. The average Bonchev–Trinajstić information content (AvgIpc) is 2.98. The number of carbonyl (C=O) groups excluding carboxylic acids is 1. The molecule has 21 heavy (non-hydrogen) atoms. The lowest BCUT2D eigenvalue weighted by molar-refractivity contribution is -0.124. The van der Waals surface area contributed by atoms with Crippen molar-refractivity contribution in [1.29, 1.82) is 0 Å². The van der Waals surface area contributed by atoms with Gasteiger partial charge in [-0.15, -0.1) is 0 Å². The molecule has 1 aromatic rings. The number of Topliss-reactive ketones (excluding diaryl/α,β-unsaturated/α-hetero) is 1. The third-order valence-corrected chi connectivity index (χ3v) is 5.16. The molecule has 1 aliphatic carbocycles. The summed E-state index contributed by atoms with van der Waals surface area (Å²) in [5.41, 5.74) is 3.62. The summed E-state index contributed by atoms with van der Waals surface area (Å²) in [6.45, 7) is 3.88. The molecule has 4 rings (SSSR count). The number of nitrogens with zero attached hydrogens (tertiary/aromatic N) is 1. The predicted octanol–water partition coefficient (Wildman–Crippen LogP) is 2.32. The highest BCUT2D eigenvalue weighted by atomic mass is 16.1. The first-order valence-electron chi connectivity index (χ1n) is 8.23. The molecule has 2 heterocycles. The van der Waals surface area contributed by atoms with Crippen LogP contribution >= 0.6 is 0 Å². The van der Waals surface area contributed by atoms with Crippen LogP contribution in [-0.2, 0) is 4.79 Å². The normalized spacial score (nSPS) is 25.1. The Hall–Kier alpha value is -1.55. The maximum absolute atomic E-state index is 12.9. The summed E-state index contributed by atoms with van der Waals surface area (Å²) in [6.07, 6.45) is 4.58. The molecule has 0 radical (unpaired) electrons. The van der Waals surface area contributed by atoms with Gasteiger partial charge in [0, 0.05) is 37.7 Å². The van der Waals surface area contributed by atoms with E-state index in [2.05, 4.69) is 33.7 Å². The van der Waals surface area contributed by atoms with Gasteiger partial charge in [0.15, 0.2) is 5.78 Å². The lowest BCUT2D eigenvalue weighted by Crippen LogP contribution is -2.37. The van der Waals surface area contributed by atoms with Gasteiger partial charge in [-0.1, -0.05) is 25.0 Å². The minimum atomic E-state index is -0.118. The van der Waals surface area contributed by atoms with E-state index in [0.29, 0.717) is 5.78 Å². The molecule has 0 bridgehead atoms. The van der Waals surface area contributed by atoms with Crippen LogP contribution < -0.4 is 15.5 Å². The first kappa shape index (κ1) is 13.1. The van der Waals surface area contributed by atoms with Crippen LogP contribution in [0.3, 0.4) is 0 Å². The number of carbonyl (C=O) groups is 1. The van der Waals surface area contributed by atoms with E-state index in [0.717, 1.165) is 39.0 Å². The number of benzene rings is 1. The number of ketones is 1. The Morgan fingerprint density at radius 2 is 1.95 bits per heavy atom. The van der Waals surface area contributed by atoms with Crippen molar-refractivity contribution in [2.24, 2.45) is 5.92 Å². The molecule has 2 N–H and O–H groups in total. The van der Waals surface area contributed by atoms with Gasteiger partial charge >= 0.3 is 0 Å². The Morgan fingerprint density at radius 1 is 1.14 bits per heavy atom. The molecular formula is C17H23N3O. The quantitative estimate of drug-likeness (QED) is 0.875. The first-order chi connectivity index (χ1) is 10.3. The SMILES string of the molecule is O=C(C1CCCC1)C1NCCN2CCNc3cccc1c32. The Morgan fingerprint density at radius 3 is 2.81 bits per heavy atom.